The maximum Gasteiger partial charge on any atom is 0.0431 e. The van der Waals surface area contributed by atoms with E-state index < -0.39 is 0 Å². The van der Waals surface area contributed by atoms with Gasteiger partial charge in [0.15, 0.2) is 0 Å². The first-order valence-corrected chi connectivity index (χ1v) is 11.3. The van der Waals surface area contributed by atoms with Crippen molar-refractivity contribution >= 4 is 5.69 Å². The van der Waals surface area contributed by atoms with Crippen LogP contribution < -0.4 is 5.32 Å². The molecule has 0 aliphatic carbocycles. The smallest absolute Gasteiger partial charge is 0.0431 e. The van der Waals surface area contributed by atoms with Gasteiger partial charge in [0.1, 0.15) is 0 Å². The number of nitrogens with one attached hydrogen (secondary N) is 1. The molecule has 0 unspecified atom stereocenters. The van der Waals surface area contributed by atoms with E-state index in [1.165, 1.54) is 102 Å². The van der Waals surface area contributed by atoms with Gasteiger partial charge < -0.3 is 10.4 Å². The van der Waals surface area contributed by atoms with E-state index in [1.54, 1.807) is 0 Å². The third kappa shape index (κ3) is 15.3. The summed E-state index contributed by atoms with van der Waals surface area (Å²) in [5.74, 6) is 0. The lowest BCUT2D eigenvalue weighted by molar-refractivity contribution is 0.282. The highest BCUT2D eigenvalue weighted by Crippen LogP contribution is 2.14. The van der Waals surface area contributed by atoms with Crippen LogP contribution in [0.5, 0.6) is 0 Å². The Hall–Kier alpha value is -1.02. The molecule has 0 spiro atoms. The average molecular weight is 362 g/mol. The van der Waals surface area contributed by atoms with Gasteiger partial charge >= 0.3 is 0 Å². The molecular weight excluding hydrogens is 318 g/mol. The van der Waals surface area contributed by atoms with Crippen LogP contribution >= 0.6 is 0 Å². The van der Waals surface area contributed by atoms with E-state index in [4.69, 9.17) is 5.11 Å². The fourth-order valence-corrected chi connectivity index (χ4v) is 3.50. The van der Waals surface area contributed by atoms with E-state index in [0.29, 0.717) is 6.61 Å². The van der Waals surface area contributed by atoms with Crippen LogP contribution in [0, 0.1) is 0 Å². The van der Waals surface area contributed by atoms with Gasteiger partial charge in [0.05, 0.1) is 0 Å². The summed E-state index contributed by atoms with van der Waals surface area (Å²) in [6, 6.07) is 10.5. The standard InChI is InChI=1S/C24H43NO/c26-23-19-14-12-10-8-6-4-2-1-3-5-7-9-11-13-18-22-25-24-20-16-15-17-21-24/h15-17,20-21,25-26H,1-14,18-19,22-23H2. The van der Waals surface area contributed by atoms with E-state index >= 15 is 0 Å². The molecule has 1 rings (SSSR count). The van der Waals surface area contributed by atoms with Crippen molar-refractivity contribution in [2.75, 3.05) is 18.5 Å². The van der Waals surface area contributed by atoms with Gasteiger partial charge in [-0.1, -0.05) is 108 Å². The Kier molecular flexibility index (Phi) is 16.6. The number of benzene rings is 1. The van der Waals surface area contributed by atoms with Gasteiger partial charge in [-0.25, -0.2) is 0 Å². The van der Waals surface area contributed by atoms with Gasteiger partial charge in [0.25, 0.3) is 0 Å². The Morgan fingerprint density at radius 3 is 1.31 bits per heavy atom. The Balaban J connectivity index is 1.68. The lowest BCUT2D eigenvalue weighted by Gasteiger charge is -2.06. The van der Waals surface area contributed by atoms with Crippen molar-refractivity contribution in [1.29, 1.82) is 0 Å². The number of para-hydroxylation sites is 1. The molecule has 0 aliphatic rings. The normalized spacial score (nSPS) is 11.0. The topological polar surface area (TPSA) is 32.3 Å². The molecule has 26 heavy (non-hydrogen) atoms. The fraction of sp³-hybridized carbons (Fsp3) is 0.750. The van der Waals surface area contributed by atoms with Crippen LogP contribution in [-0.4, -0.2) is 18.3 Å². The van der Waals surface area contributed by atoms with Crippen molar-refractivity contribution < 1.29 is 5.11 Å². The summed E-state index contributed by atoms with van der Waals surface area (Å²) < 4.78 is 0. The molecule has 0 heterocycles. The monoisotopic (exact) mass is 361 g/mol. The highest BCUT2D eigenvalue weighted by molar-refractivity contribution is 5.42. The van der Waals surface area contributed by atoms with Crippen LogP contribution in [0.25, 0.3) is 0 Å². The van der Waals surface area contributed by atoms with Gasteiger partial charge in [-0.2, -0.15) is 0 Å². The Morgan fingerprint density at radius 1 is 0.500 bits per heavy atom. The summed E-state index contributed by atoms with van der Waals surface area (Å²) in [6.07, 6.45) is 21.7. The Labute approximate surface area is 162 Å². The van der Waals surface area contributed by atoms with Crippen LogP contribution in [0.3, 0.4) is 0 Å². The molecule has 1 aromatic carbocycles. The number of hydrogen-bond acceptors (Lipinski definition) is 2. The maximum absolute atomic E-state index is 8.73. The lowest BCUT2D eigenvalue weighted by atomic mass is 10.0. The quantitative estimate of drug-likeness (QED) is 0.253. The van der Waals surface area contributed by atoms with Crippen molar-refractivity contribution in [3.8, 4) is 0 Å². The number of aliphatic hydroxyl groups is 1. The highest BCUT2D eigenvalue weighted by atomic mass is 16.2. The van der Waals surface area contributed by atoms with Gasteiger partial charge in [0.2, 0.25) is 0 Å². The number of hydrogen-bond donors (Lipinski definition) is 2. The third-order valence-electron chi connectivity index (χ3n) is 5.19. The summed E-state index contributed by atoms with van der Waals surface area (Å²) in [5.41, 5.74) is 1.24. The SMILES string of the molecule is OCCCCCCCCCCCCCCCCCCNc1ccccc1. The van der Waals surface area contributed by atoms with Crippen molar-refractivity contribution in [2.45, 2.75) is 103 Å². The summed E-state index contributed by atoms with van der Waals surface area (Å²) >= 11 is 0. The van der Waals surface area contributed by atoms with Crippen LogP contribution in [0.1, 0.15) is 103 Å². The second kappa shape index (κ2) is 18.8. The van der Waals surface area contributed by atoms with E-state index in [2.05, 4.69) is 35.6 Å². The lowest BCUT2D eigenvalue weighted by Crippen LogP contribution is -2.00. The molecule has 0 atom stereocenters. The molecule has 150 valence electrons. The fourth-order valence-electron chi connectivity index (χ4n) is 3.50. The molecule has 1 aromatic rings. The molecule has 0 aliphatic heterocycles. The summed E-state index contributed by atoms with van der Waals surface area (Å²) in [6.45, 7) is 1.47. The minimum absolute atomic E-state index is 0.367. The first-order chi connectivity index (χ1) is 12.9. The second-order valence-corrected chi connectivity index (χ2v) is 7.67. The molecule has 0 aromatic heterocycles. The molecule has 2 nitrogen and oxygen atoms in total. The molecule has 0 fully saturated rings. The van der Waals surface area contributed by atoms with E-state index in [1.807, 2.05) is 0 Å². The number of unbranched alkanes of at least 4 members (excludes halogenated alkanes) is 15. The summed E-state index contributed by atoms with van der Waals surface area (Å²) in [7, 11) is 0. The molecule has 0 radical (unpaired) electrons. The Bertz CT molecular complexity index is 379. The first kappa shape index (κ1) is 23.0. The first-order valence-electron chi connectivity index (χ1n) is 11.3. The second-order valence-electron chi connectivity index (χ2n) is 7.67. The highest BCUT2D eigenvalue weighted by Gasteiger charge is 1.95. The van der Waals surface area contributed by atoms with Crippen molar-refractivity contribution in [3.05, 3.63) is 30.3 Å². The van der Waals surface area contributed by atoms with Gasteiger partial charge in [-0.05, 0) is 25.0 Å². The minimum atomic E-state index is 0.367. The van der Waals surface area contributed by atoms with Gasteiger partial charge in [0, 0.05) is 18.8 Å². The number of rotatable bonds is 19. The Morgan fingerprint density at radius 2 is 0.885 bits per heavy atom. The van der Waals surface area contributed by atoms with Crippen LogP contribution in [0.4, 0.5) is 5.69 Å². The molecular formula is C24H43NO. The minimum Gasteiger partial charge on any atom is -0.396 e. The van der Waals surface area contributed by atoms with Crippen LogP contribution in [0.2, 0.25) is 0 Å². The zero-order chi connectivity index (χ0) is 18.5. The van der Waals surface area contributed by atoms with Gasteiger partial charge in [-0.3, -0.25) is 0 Å². The third-order valence-corrected chi connectivity index (χ3v) is 5.19. The molecule has 2 heteroatoms. The average Bonchev–Trinajstić information content (AvgIpc) is 2.68. The van der Waals surface area contributed by atoms with Gasteiger partial charge in [-0.15, -0.1) is 0 Å². The summed E-state index contributed by atoms with van der Waals surface area (Å²) in [4.78, 5) is 0. The predicted octanol–water partition coefficient (Wildman–Crippen LogP) is 7.33. The van der Waals surface area contributed by atoms with Crippen molar-refractivity contribution in [2.24, 2.45) is 0 Å². The number of aliphatic hydroxyl groups excluding tert-OH is 1. The van der Waals surface area contributed by atoms with Crippen LogP contribution in [0.15, 0.2) is 30.3 Å². The van der Waals surface area contributed by atoms with Crippen molar-refractivity contribution in [1.82, 2.24) is 0 Å². The van der Waals surface area contributed by atoms with E-state index in [-0.39, 0.29) is 0 Å². The zero-order valence-electron chi connectivity index (χ0n) is 17.1. The van der Waals surface area contributed by atoms with Crippen LogP contribution in [-0.2, 0) is 0 Å². The zero-order valence-corrected chi connectivity index (χ0v) is 17.1. The summed E-state index contributed by atoms with van der Waals surface area (Å²) in [5, 5.41) is 12.2. The maximum atomic E-state index is 8.73. The number of anilines is 1. The van der Waals surface area contributed by atoms with E-state index in [9.17, 15) is 0 Å². The molecule has 0 saturated carbocycles. The molecule has 0 saturated heterocycles. The molecule has 2 N–H and O–H groups in total. The predicted molar refractivity (Wildman–Crippen MR) is 116 cm³/mol. The largest absolute Gasteiger partial charge is 0.396 e. The molecule has 0 bridgehead atoms. The molecule has 0 amide bonds. The van der Waals surface area contributed by atoms with Crippen molar-refractivity contribution in [3.63, 3.8) is 0 Å². The van der Waals surface area contributed by atoms with E-state index in [0.717, 1.165) is 13.0 Å².